The Kier molecular flexibility index (Phi) is 7.98. The van der Waals surface area contributed by atoms with E-state index < -0.39 is 0 Å². The van der Waals surface area contributed by atoms with Gasteiger partial charge in [0.05, 0.1) is 14.0 Å². The van der Waals surface area contributed by atoms with E-state index in [1.165, 1.54) is 22.3 Å². The second-order valence-corrected chi connectivity index (χ2v) is 15.2. The van der Waals surface area contributed by atoms with Crippen molar-refractivity contribution in [1.29, 1.82) is 0 Å². The van der Waals surface area contributed by atoms with Gasteiger partial charge in [-0.15, -0.1) is 0 Å². The predicted molar refractivity (Wildman–Crippen MR) is 242 cm³/mol. The van der Waals surface area contributed by atoms with Gasteiger partial charge >= 0.3 is 0 Å². The van der Waals surface area contributed by atoms with Crippen LogP contribution >= 0.6 is 0 Å². The minimum Gasteiger partial charge on any atom is -0.310 e. The van der Waals surface area contributed by atoms with Gasteiger partial charge in [-0.2, -0.15) is 0 Å². The van der Waals surface area contributed by atoms with Gasteiger partial charge in [-0.25, -0.2) is 0 Å². The number of benzene rings is 8. The van der Waals surface area contributed by atoms with Gasteiger partial charge in [0, 0.05) is 39.1 Å². The normalized spacial score (nSPS) is 13.6. The molecular weight excluding hydrogens is 689 g/mol. The van der Waals surface area contributed by atoms with E-state index in [1.807, 2.05) is 42.5 Å². The number of fused-ring (bicyclic) bond motifs is 4. The van der Waals surface area contributed by atoms with E-state index in [0.717, 1.165) is 56.0 Å². The third kappa shape index (κ3) is 6.07. The molecule has 2 nitrogen and oxygen atoms in total. The first-order chi connectivity index (χ1) is 28.9. The number of rotatable bonds is 8. The monoisotopic (exact) mass is 732 g/mol. The van der Waals surface area contributed by atoms with Gasteiger partial charge in [-0.05, 0) is 105 Å². The minimum atomic E-state index is -0.123. The average Bonchev–Trinajstić information content (AvgIpc) is 3.76. The van der Waals surface area contributed by atoms with Crippen LogP contribution in [0, 0.1) is 0 Å². The van der Waals surface area contributed by atoms with Crippen molar-refractivity contribution in [3.05, 3.63) is 229 Å². The maximum atomic E-state index is 9.44. The standard InChI is InChI=1S/C55H42N2/c1-55(2)50-26-16-15-25-47(50)48-35-34-46(38-51(48)55)56(43-21-11-5-12-22-43)45-32-29-39(30-33-45)27-28-40-31-36-52-49(37-40)53(41-17-7-3-8-18-41)54(42-19-9-4-10-20-42)57(52)44-23-13-6-14-24-44/h3-38H,1-2H3/b28-27+/i27D,28D. The summed E-state index contributed by atoms with van der Waals surface area (Å²) in [6.07, 6.45) is 0. The Hall–Kier alpha value is -7.16. The van der Waals surface area contributed by atoms with Crippen molar-refractivity contribution >= 4 is 40.1 Å². The molecular formula is C55H42N2. The second-order valence-electron chi connectivity index (χ2n) is 15.2. The summed E-state index contributed by atoms with van der Waals surface area (Å²) in [7, 11) is 0. The summed E-state index contributed by atoms with van der Waals surface area (Å²) in [4.78, 5) is 2.28. The summed E-state index contributed by atoms with van der Waals surface area (Å²) in [6.45, 7) is 4.62. The van der Waals surface area contributed by atoms with Crippen LogP contribution in [0.5, 0.6) is 0 Å². The maximum Gasteiger partial charge on any atom is 0.0629 e. The molecule has 1 aromatic heterocycles. The zero-order valence-electron chi connectivity index (χ0n) is 34.0. The molecule has 0 unspecified atom stereocenters. The van der Waals surface area contributed by atoms with Crippen molar-refractivity contribution in [2.24, 2.45) is 0 Å². The SMILES string of the molecule is [2H]/C(=C(/[2H])c1ccc2c(c1)c(-c1ccccc1)c(-c1ccccc1)n2-c1ccccc1)c1ccc(N(c2ccccc2)c2ccc3c(c2)C(C)(C)c2ccccc2-3)cc1. The van der Waals surface area contributed by atoms with Crippen molar-refractivity contribution in [2.75, 3.05) is 4.90 Å². The largest absolute Gasteiger partial charge is 0.310 e. The van der Waals surface area contributed by atoms with E-state index in [-0.39, 0.29) is 17.5 Å². The van der Waals surface area contributed by atoms with Gasteiger partial charge in [0.25, 0.3) is 0 Å². The fourth-order valence-electron chi connectivity index (χ4n) is 8.67. The highest BCUT2D eigenvalue weighted by Crippen LogP contribution is 2.50. The van der Waals surface area contributed by atoms with Gasteiger partial charge in [-0.3, -0.25) is 0 Å². The molecule has 1 heterocycles. The lowest BCUT2D eigenvalue weighted by Crippen LogP contribution is -2.16. The topological polar surface area (TPSA) is 8.17 Å². The average molecular weight is 733 g/mol. The molecule has 0 saturated heterocycles. The van der Waals surface area contributed by atoms with Crippen molar-refractivity contribution in [3.63, 3.8) is 0 Å². The number of hydrogen-bond donors (Lipinski definition) is 0. The third-order valence-corrected chi connectivity index (χ3v) is 11.4. The Morgan fingerprint density at radius 2 is 1.02 bits per heavy atom. The molecule has 2 heteroatoms. The highest BCUT2D eigenvalue weighted by atomic mass is 15.1. The number of hydrogen-bond acceptors (Lipinski definition) is 1. The molecule has 0 N–H and O–H groups in total. The highest BCUT2D eigenvalue weighted by Gasteiger charge is 2.35. The van der Waals surface area contributed by atoms with Crippen LogP contribution in [0.2, 0.25) is 0 Å². The van der Waals surface area contributed by atoms with E-state index >= 15 is 0 Å². The summed E-state index contributed by atoms with van der Waals surface area (Å²) in [5, 5.41) is 1.03. The number of anilines is 3. The third-order valence-electron chi connectivity index (χ3n) is 11.4. The fourth-order valence-corrected chi connectivity index (χ4v) is 8.67. The summed E-state index contributed by atoms with van der Waals surface area (Å²) < 4.78 is 21.1. The van der Waals surface area contributed by atoms with E-state index in [9.17, 15) is 2.74 Å². The molecule has 272 valence electrons. The van der Waals surface area contributed by atoms with E-state index in [0.29, 0.717) is 11.1 Å². The second kappa shape index (κ2) is 14.2. The lowest BCUT2D eigenvalue weighted by Gasteiger charge is -2.28. The molecule has 9 aromatic rings. The van der Waals surface area contributed by atoms with E-state index in [2.05, 4.69) is 187 Å². The maximum absolute atomic E-state index is 9.44. The predicted octanol–water partition coefficient (Wildman–Crippen LogP) is 14.9. The van der Waals surface area contributed by atoms with Gasteiger partial charge in [-0.1, -0.05) is 172 Å². The number of nitrogens with zero attached hydrogens (tertiary/aromatic N) is 2. The molecule has 8 aromatic carbocycles. The van der Waals surface area contributed by atoms with Crippen LogP contribution in [-0.2, 0) is 5.41 Å². The first-order valence-electron chi connectivity index (χ1n) is 20.6. The van der Waals surface area contributed by atoms with Gasteiger partial charge in [0.15, 0.2) is 0 Å². The molecule has 0 atom stereocenters. The van der Waals surface area contributed by atoms with Crippen molar-refractivity contribution in [3.8, 4) is 39.2 Å². The fraction of sp³-hybridized carbons (Fsp3) is 0.0545. The Bertz CT molecular complexity index is 3000. The molecule has 0 aliphatic heterocycles. The van der Waals surface area contributed by atoms with Crippen molar-refractivity contribution in [1.82, 2.24) is 4.57 Å². The van der Waals surface area contributed by atoms with Crippen molar-refractivity contribution < 1.29 is 2.74 Å². The van der Waals surface area contributed by atoms with Gasteiger partial charge in [0.2, 0.25) is 0 Å². The van der Waals surface area contributed by atoms with Crippen molar-refractivity contribution in [2.45, 2.75) is 19.3 Å². The summed E-state index contributed by atoms with van der Waals surface area (Å²) in [5.74, 6) is 0. The first-order valence-corrected chi connectivity index (χ1v) is 19.6. The van der Waals surface area contributed by atoms with Crippen LogP contribution in [0.1, 0.15) is 38.8 Å². The van der Waals surface area contributed by atoms with Crippen LogP contribution in [0.25, 0.3) is 62.2 Å². The quantitative estimate of drug-likeness (QED) is 0.141. The molecule has 0 radical (unpaired) electrons. The van der Waals surface area contributed by atoms with E-state index in [1.54, 1.807) is 0 Å². The Labute approximate surface area is 338 Å². The lowest BCUT2D eigenvalue weighted by molar-refractivity contribution is 0.660. The van der Waals surface area contributed by atoms with Crippen LogP contribution in [0.15, 0.2) is 206 Å². The molecule has 0 spiro atoms. The zero-order valence-corrected chi connectivity index (χ0v) is 32.0. The van der Waals surface area contributed by atoms with Crippen LogP contribution < -0.4 is 4.90 Å². The lowest BCUT2D eigenvalue weighted by atomic mass is 9.82. The molecule has 1 aliphatic carbocycles. The van der Waals surface area contributed by atoms with Gasteiger partial charge in [0.1, 0.15) is 0 Å². The molecule has 0 bridgehead atoms. The van der Waals surface area contributed by atoms with E-state index in [4.69, 9.17) is 0 Å². The molecule has 0 amide bonds. The summed E-state index contributed by atoms with van der Waals surface area (Å²) in [5.41, 5.74) is 16.1. The first kappa shape index (κ1) is 32.1. The molecule has 10 rings (SSSR count). The molecule has 1 aliphatic rings. The number of aromatic nitrogens is 1. The van der Waals surface area contributed by atoms with Crippen LogP contribution in [0.4, 0.5) is 17.1 Å². The smallest absolute Gasteiger partial charge is 0.0629 e. The number of para-hydroxylation sites is 2. The molecule has 0 fully saturated rings. The Morgan fingerprint density at radius 1 is 0.474 bits per heavy atom. The zero-order chi connectivity index (χ0) is 40.1. The van der Waals surface area contributed by atoms with Gasteiger partial charge < -0.3 is 9.47 Å². The molecule has 57 heavy (non-hydrogen) atoms. The summed E-state index contributed by atoms with van der Waals surface area (Å²) >= 11 is 0. The highest BCUT2D eigenvalue weighted by molar-refractivity contribution is 6.06. The summed E-state index contributed by atoms with van der Waals surface area (Å²) in [6, 6.07) is 72.1. The minimum absolute atomic E-state index is 0.123. The molecule has 0 saturated carbocycles. The van der Waals surface area contributed by atoms with Crippen LogP contribution in [0.3, 0.4) is 0 Å². The Balaban J connectivity index is 1.07. The van der Waals surface area contributed by atoms with Crippen LogP contribution in [-0.4, -0.2) is 4.57 Å². The Morgan fingerprint density at radius 3 is 1.74 bits per heavy atom.